The molecular formula is C10H22N2O. The Bertz CT molecular complexity index is 157. The minimum atomic E-state index is -0.0747. The van der Waals surface area contributed by atoms with Gasteiger partial charge in [-0.05, 0) is 32.4 Å². The SMILES string of the molecule is CN1CCCC(C(C)(CN)CO)C1. The van der Waals surface area contributed by atoms with Crippen molar-refractivity contribution >= 4 is 0 Å². The Labute approximate surface area is 80.9 Å². The molecule has 2 atom stereocenters. The van der Waals surface area contributed by atoms with Crippen molar-refractivity contribution < 1.29 is 5.11 Å². The Morgan fingerprint density at radius 2 is 2.31 bits per heavy atom. The molecule has 0 aromatic carbocycles. The summed E-state index contributed by atoms with van der Waals surface area (Å²) in [5.74, 6) is 0.557. The Hall–Kier alpha value is -0.120. The van der Waals surface area contributed by atoms with Crippen molar-refractivity contribution in [2.24, 2.45) is 17.1 Å². The van der Waals surface area contributed by atoms with Crippen molar-refractivity contribution in [1.29, 1.82) is 0 Å². The van der Waals surface area contributed by atoms with Crippen molar-refractivity contribution in [3.63, 3.8) is 0 Å². The van der Waals surface area contributed by atoms with E-state index in [1.165, 1.54) is 19.4 Å². The first-order valence-electron chi connectivity index (χ1n) is 5.12. The number of aliphatic hydroxyl groups excluding tert-OH is 1. The molecule has 0 spiro atoms. The van der Waals surface area contributed by atoms with Gasteiger partial charge in [-0.2, -0.15) is 0 Å². The number of likely N-dealkylation sites (tertiary alicyclic amines) is 1. The van der Waals surface area contributed by atoms with Crippen molar-refractivity contribution in [3.8, 4) is 0 Å². The van der Waals surface area contributed by atoms with Crippen LogP contribution in [0.15, 0.2) is 0 Å². The van der Waals surface area contributed by atoms with Crippen LogP contribution < -0.4 is 5.73 Å². The molecular weight excluding hydrogens is 164 g/mol. The predicted octanol–water partition coefficient (Wildman–Crippen LogP) is 0.286. The summed E-state index contributed by atoms with van der Waals surface area (Å²) in [6.45, 7) is 5.15. The third kappa shape index (κ3) is 2.42. The summed E-state index contributed by atoms with van der Waals surface area (Å²) in [6.07, 6.45) is 2.44. The van der Waals surface area contributed by atoms with Gasteiger partial charge in [-0.1, -0.05) is 6.92 Å². The Kier molecular flexibility index (Phi) is 3.71. The molecule has 1 rings (SSSR count). The van der Waals surface area contributed by atoms with Crippen LogP contribution in [-0.2, 0) is 0 Å². The third-order valence-corrected chi connectivity index (χ3v) is 3.44. The van der Waals surface area contributed by atoms with E-state index in [-0.39, 0.29) is 12.0 Å². The van der Waals surface area contributed by atoms with Crippen LogP contribution in [0.1, 0.15) is 19.8 Å². The first-order valence-corrected chi connectivity index (χ1v) is 5.12. The van der Waals surface area contributed by atoms with Crippen LogP contribution in [0.3, 0.4) is 0 Å². The molecule has 0 amide bonds. The molecule has 3 heteroatoms. The molecule has 2 unspecified atom stereocenters. The van der Waals surface area contributed by atoms with Crippen molar-refractivity contribution in [1.82, 2.24) is 4.90 Å². The number of hydrogen-bond donors (Lipinski definition) is 2. The van der Waals surface area contributed by atoms with E-state index < -0.39 is 0 Å². The first-order chi connectivity index (χ1) is 6.12. The molecule has 78 valence electrons. The summed E-state index contributed by atoms with van der Waals surface area (Å²) < 4.78 is 0. The van der Waals surface area contributed by atoms with Crippen LogP contribution in [0.5, 0.6) is 0 Å². The van der Waals surface area contributed by atoms with E-state index in [2.05, 4.69) is 18.9 Å². The van der Waals surface area contributed by atoms with Crippen LogP contribution in [0.2, 0.25) is 0 Å². The monoisotopic (exact) mass is 186 g/mol. The normalized spacial score (nSPS) is 30.0. The zero-order chi connectivity index (χ0) is 9.90. The maximum atomic E-state index is 9.33. The Balaban J connectivity index is 2.57. The van der Waals surface area contributed by atoms with Crippen LogP contribution in [0.4, 0.5) is 0 Å². The molecule has 1 aliphatic heterocycles. The van der Waals surface area contributed by atoms with Gasteiger partial charge in [0.1, 0.15) is 0 Å². The van der Waals surface area contributed by atoms with E-state index in [0.717, 1.165) is 6.54 Å². The van der Waals surface area contributed by atoms with E-state index in [1.807, 2.05) is 0 Å². The smallest absolute Gasteiger partial charge is 0.0500 e. The lowest BCUT2D eigenvalue weighted by Gasteiger charge is -2.40. The summed E-state index contributed by atoms with van der Waals surface area (Å²) in [6, 6.07) is 0. The van der Waals surface area contributed by atoms with Crippen LogP contribution in [0.25, 0.3) is 0 Å². The second kappa shape index (κ2) is 4.40. The van der Waals surface area contributed by atoms with Crippen molar-refractivity contribution in [2.45, 2.75) is 19.8 Å². The largest absolute Gasteiger partial charge is 0.396 e. The van der Waals surface area contributed by atoms with Crippen molar-refractivity contribution in [2.75, 3.05) is 33.3 Å². The summed E-state index contributed by atoms with van der Waals surface area (Å²) in [4.78, 5) is 2.33. The molecule has 3 nitrogen and oxygen atoms in total. The fraction of sp³-hybridized carbons (Fsp3) is 1.00. The second-order valence-corrected chi connectivity index (χ2v) is 4.62. The van der Waals surface area contributed by atoms with Gasteiger partial charge in [0.2, 0.25) is 0 Å². The zero-order valence-corrected chi connectivity index (χ0v) is 8.79. The zero-order valence-electron chi connectivity index (χ0n) is 8.79. The van der Waals surface area contributed by atoms with Gasteiger partial charge in [0.05, 0.1) is 0 Å². The maximum Gasteiger partial charge on any atom is 0.0500 e. The Morgan fingerprint density at radius 1 is 1.62 bits per heavy atom. The minimum absolute atomic E-state index is 0.0747. The molecule has 0 bridgehead atoms. The summed E-state index contributed by atoms with van der Waals surface area (Å²) in [7, 11) is 2.14. The molecule has 1 aliphatic rings. The number of nitrogens with two attached hydrogens (primary N) is 1. The first kappa shape index (κ1) is 11.0. The molecule has 0 aromatic heterocycles. The Morgan fingerprint density at radius 3 is 2.77 bits per heavy atom. The van der Waals surface area contributed by atoms with Gasteiger partial charge < -0.3 is 15.7 Å². The highest BCUT2D eigenvalue weighted by molar-refractivity contribution is 4.86. The second-order valence-electron chi connectivity index (χ2n) is 4.62. The van der Waals surface area contributed by atoms with Gasteiger partial charge in [-0.15, -0.1) is 0 Å². The number of piperidine rings is 1. The lowest BCUT2D eigenvalue weighted by molar-refractivity contribution is 0.0415. The van der Waals surface area contributed by atoms with Crippen LogP contribution in [-0.4, -0.2) is 43.3 Å². The minimum Gasteiger partial charge on any atom is -0.396 e. The standard InChI is InChI=1S/C10H22N2O/c1-10(7-11,8-13)9-4-3-5-12(2)6-9/h9,13H,3-8,11H2,1-2H3. The fourth-order valence-electron chi connectivity index (χ4n) is 2.10. The van der Waals surface area contributed by atoms with Gasteiger partial charge in [0, 0.05) is 25.1 Å². The maximum absolute atomic E-state index is 9.33. The molecule has 0 saturated carbocycles. The number of nitrogens with zero attached hydrogens (tertiary/aromatic N) is 1. The molecule has 1 fully saturated rings. The average molecular weight is 186 g/mol. The van der Waals surface area contributed by atoms with Gasteiger partial charge in [0.15, 0.2) is 0 Å². The predicted molar refractivity (Wildman–Crippen MR) is 54.5 cm³/mol. The van der Waals surface area contributed by atoms with E-state index >= 15 is 0 Å². The van der Waals surface area contributed by atoms with Gasteiger partial charge in [-0.25, -0.2) is 0 Å². The number of hydrogen-bond acceptors (Lipinski definition) is 3. The fourth-order valence-corrected chi connectivity index (χ4v) is 2.10. The quantitative estimate of drug-likeness (QED) is 0.666. The highest BCUT2D eigenvalue weighted by Crippen LogP contribution is 2.32. The number of rotatable bonds is 3. The average Bonchev–Trinajstić information content (AvgIpc) is 2.17. The molecule has 0 aromatic rings. The van der Waals surface area contributed by atoms with Gasteiger partial charge in [0.25, 0.3) is 0 Å². The van der Waals surface area contributed by atoms with E-state index in [1.54, 1.807) is 0 Å². The van der Waals surface area contributed by atoms with Gasteiger partial charge >= 0.3 is 0 Å². The molecule has 0 radical (unpaired) electrons. The van der Waals surface area contributed by atoms with E-state index in [0.29, 0.717) is 12.5 Å². The summed E-state index contributed by atoms with van der Waals surface area (Å²) in [5, 5.41) is 9.33. The molecule has 0 aliphatic carbocycles. The summed E-state index contributed by atoms with van der Waals surface area (Å²) in [5.41, 5.74) is 5.64. The number of aliphatic hydroxyl groups is 1. The van der Waals surface area contributed by atoms with Crippen LogP contribution in [0, 0.1) is 11.3 Å². The highest BCUT2D eigenvalue weighted by Gasteiger charge is 2.34. The lowest BCUT2D eigenvalue weighted by atomic mass is 9.74. The molecule has 1 heterocycles. The molecule has 3 N–H and O–H groups in total. The highest BCUT2D eigenvalue weighted by atomic mass is 16.3. The van der Waals surface area contributed by atoms with Crippen molar-refractivity contribution in [3.05, 3.63) is 0 Å². The molecule has 13 heavy (non-hydrogen) atoms. The lowest BCUT2D eigenvalue weighted by Crippen LogP contribution is -2.46. The van der Waals surface area contributed by atoms with Crippen LogP contribution >= 0.6 is 0 Å². The third-order valence-electron chi connectivity index (χ3n) is 3.44. The molecule has 1 saturated heterocycles. The summed E-state index contributed by atoms with van der Waals surface area (Å²) >= 11 is 0. The van der Waals surface area contributed by atoms with E-state index in [9.17, 15) is 5.11 Å². The topological polar surface area (TPSA) is 49.5 Å². The van der Waals surface area contributed by atoms with Gasteiger partial charge in [-0.3, -0.25) is 0 Å². The van der Waals surface area contributed by atoms with E-state index in [4.69, 9.17) is 5.73 Å².